The molecule has 0 spiro atoms. The first-order valence-electron chi connectivity index (χ1n) is 10.2. The lowest BCUT2D eigenvalue weighted by molar-refractivity contribution is 0.699. The number of thiophene rings is 1. The Balaban J connectivity index is 1.70. The van der Waals surface area contributed by atoms with E-state index in [-0.39, 0.29) is 5.56 Å². The Morgan fingerprint density at radius 1 is 0.968 bits per heavy atom. The monoisotopic (exact) mass is 447 g/mol. The molecule has 8 heteroatoms. The van der Waals surface area contributed by atoms with Gasteiger partial charge in [-0.05, 0) is 67.6 Å². The van der Waals surface area contributed by atoms with Crippen molar-refractivity contribution in [2.45, 2.75) is 25.7 Å². The van der Waals surface area contributed by atoms with Gasteiger partial charge in [0.2, 0.25) is 11.7 Å². The smallest absolute Gasteiger partial charge is 0.268 e. The zero-order chi connectivity index (χ0) is 20.9. The summed E-state index contributed by atoms with van der Waals surface area (Å²) in [7, 11) is 0. The van der Waals surface area contributed by atoms with Gasteiger partial charge in [0.15, 0.2) is 0 Å². The van der Waals surface area contributed by atoms with Crippen LogP contribution in [0.5, 0.6) is 0 Å². The minimum absolute atomic E-state index is 0.0529. The zero-order valence-corrected chi connectivity index (χ0v) is 18.1. The number of para-hydroxylation sites is 1. The maximum atomic E-state index is 13.8. The number of benzene rings is 2. The minimum Gasteiger partial charge on any atom is -0.324 e. The Labute approximate surface area is 186 Å². The molecule has 31 heavy (non-hydrogen) atoms. The van der Waals surface area contributed by atoms with Crippen LogP contribution < -0.4 is 10.9 Å². The summed E-state index contributed by atoms with van der Waals surface area (Å²) < 4.78 is 3.62. The van der Waals surface area contributed by atoms with Crippen molar-refractivity contribution in [1.29, 1.82) is 0 Å². The summed E-state index contributed by atoms with van der Waals surface area (Å²) in [6, 6.07) is 17.1. The molecule has 0 fully saturated rings. The summed E-state index contributed by atoms with van der Waals surface area (Å²) in [5.41, 5.74) is 2.76. The molecule has 154 valence electrons. The number of rotatable bonds is 3. The van der Waals surface area contributed by atoms with Crippen molar-refractivity contribution in [3.63, 3.8) is 0 Å². The van der Waals surface area contributed by atoms with E-state index in [4.69, 9.17) is 11.6 Å². The Bertz CT molecular complexity index is 1480. The summed E-state index contributed by atoms with van der Waals surface area (Å²) >= 11 is 7.78. The zero-order valence-electron chi connectivity index (χ0n) is 16.5. The third-order valence-electron chi connectivity index (χ3n) is 5.73. The van der Waals surface area contributed by atoms with E-state index < -0.39 is 0 Å². The third kappa shape index (κ3) is 2.96. The summed E-state index contributed by atoms with van der Waals surface area (Å²) in [5.74, 6) is 1.07. The molecule has 2 aromatic carbocycles. The molecule has 0 amide bonds. The van der Waals surface area contributed by atoms with Gasteiger partial charge in [0.25, 0.3) is 5.56 Å². The largest absolute Gasteiger partial charge is 0.324 e. The highest BCUT2D eigenvalue weighted by molar-refractivity contribution is 7.19. The van der Waals surface area contributed by atoms with Crippen LogP contribution in [0, 0.1) is 0 Å². The Hall–Kier alpha value is -3.16. The highest BCUT2D eigenvalue weighted by Crippen LogP contribution is 2.36. The van der Waals surface area contributed by atoms with Crippen LogP contribution >= 0.6 is 22.9 Å². The van der Waals surface area contributed by atoms with E-state index in [0.29, 0.717) is 16.7 Å². The van der Waals surface area contributed by atoms with Crippen LogP contribution in [0.3, 0.4) is 0 Å². The van der Waals surface area contributed by atoms with Gasteiger partial charge < -0.3 is 5.32 Å². The van der Waals surface area contributed by atoms with Crippen molar-refractivity contribution in [1.82, 2.24) is 19.2 Å². The van der Waals surface area contributed by atoms with Crippen LogP contribution in [0.4, 0.5) is 11.6 Å². The molecule has 0 radical (unpaired) electrons. The summed E-state index contributed by atoms with van der Waals surface area (Å²) in [5, 5.41) is 13.6. The molecule has 0 aliphatic heterocycles. The highest BCUT2D eigenvalue weighted by Gasteiger charge is 2.25. The van der Waals surface area contributed by atoms with Gasteiger partial charge in [-0.15, -0.1) is 21.5 Å². The molecule has 1 aliphatic rings. The van der Waals surface area contributed by atoms with Crippen LogP contribution in [-0.4, -0.2) is 19.2 Å². The number of anilines is 2. The molecule has 6 nitrogen and oxygen atoms in total. The molecule has 3 aromatic heterocycles. The topological polar surface area (TPSA) is 64.2 Å². The lowest BCUT2D eigenvalue weighted by atomic mass is 9.97. The molecule has 0 saturated heterocycles. The molecule has 3 heterocycles. The molecule has 0 bridgehead atoms. The molecule has 1 N–H and O–H groups in total. The van der Waals surface area contributed by atoms with E-state index in [1.54, 1.807) is 28.0 Å². The van der Waals surface area contributed by atoms with Crippen LogP contribution in [0.1, 0.15) is 23.3 Å². The molecule has 5 aromatic rings. The molecular weight excluding hydrogens is 430 g/mol. The maximum Gasteiger partial charge on any atom is 0.268 e. The second-order valence-electron chi connectivity index (χ2n) is 7.66. The van der Waals surface area contributed by atoms with Crippen molar-refractivity contribution in [2.75, 3.05) is 5.32 Å². The van der Waals surface area contributed by atoms with Gasteiger partial charge in [-0.25, -0.2) is 8.97 Å². The number of aryl methyl sites for hydroxylation is 2. The minimum atomic E-state index is -0.0529. The average molecular weight is 448 g/mol. The van der Waals surface area contributed by atoms with E-state index in [1.165, 1.54) is 10.4 Å². The van der Waals surface area contributed by atoms with Crippen molar-refractivity contribution >= 4 is 50.6 Å². The summed E-state index contributed by atoms with van der Waals surface area (Å²) in [6.45, 7) is 0. The first kappa shape index (κ1) is 18.6. The lowest BCUT2D eigenvalue weighted by Crippen LogP contribution is -2.22. The van der Waals surface area contributed by atoms with Crippen molar-refractivity contribution < 1.29 is 0 Å². The quantitative estimate of drug-likeness (QED) is 0.403. The molecular formula is C23H18ClN5OS. The van der Waals surface area contributed by atoms with Crippen LogP contribution in [0.15, 0.2) is 59.4 Å². The molecule has 0 unspecified atom stereocenters. The number of nitrogens with one attached hydrogen (secondary N) is 1. The van der Waals surface area contributed by atoms with Crippen LogP contribution in [-0.2, 0) is 12.8 Å². The number of aromatic nitrogens is 4. The number of fused-ring (bicyclic) bond motifs is 5. The standard InChI is InChI=1S/C23H18ClN5OS/c24-14-10-12-16(13-11-14)28-20(30)19-17-8-4-5-9-18(17)31-21(19)29-22(26-27-23(28)29)25-15-6-2-1-3-7-15/h1-3,6-7,10-13H,4-5,8-9H2,(H,25,26). The molecule has 1 aliphatic carbocycles. The Morgan fingerprint density at radius 2 is 1.74 bits per heavy atom. The van der Waals surface area contributed by atoms with Crippen LogP contribution in [0.2, 0.25) is 5.02 Å². The fourth-order valence-electron chi connectivity index (χ4n) is 4.29. The average Bonchev–Trinajstić information content (AvgIpc) is 3.37. The van der Waals surface area contributed by atoms with Gasteiger partial charge in [-0.3, -0.25) is 4.79 Å². The molecule has 0 atom stereocenters. The Kier molecular flexibility index (Phi) is 4.33. The van der Waals surface area contributed by atoms with E-state index in [0.717, 1.165) is 47.3 Å². The van der Waals surface area contributed by atoms with Crippen LogP contribution in [0.25, 0.3) is 21.7 Å². The molecule has 6 rings (SSSR count). The fraction of sp³-hybridized carbons (Fsp3) is 0.174. The number of hydrogen-bond acceptors (Lipinski definition) is 5. The van der Waals surface area contributed by atoms with E-state index in [1.807, 2.05) is 46.9 Å². The predicted molar refractivity (Wildman–Crippen MR) is 125 cm³/mol. The summed E-state index contributed by atoms with van der Waals surface area (Å²) in [6.07, 6.45) is 4.21. The first-order valence-corrected chi connectivity index (χ1v) is 11.4. The Morgan fingerprint density at radius 3 is 2.55 bits per heavy atom. The number of halogens is 1. The van der Waals surface area contributed by atoms with Crippen molar-refractivity contribution in [2.24, 2.45) is 0 Å². The van der Waals surface area contributed by atoms with E-state index in [2.05, 4.69) is 15.5 Å². The fourth-order valence-corrected chi connectivity index (χ4v) is 5.80. The summed E-state index contributed by atoms with van der Waals surface area (Å²) in [4.78, 5) is 16.0. The molecule has 0 saturated carbocycles. The second-order valence-corrected chi connectivity index (χ2v) is 9.18. The lowest BCUT2D eigenvalue weighted by Gasteiger charge is -2.12. The van der Waals surface area contributed by atoms with Crippen molar-refractivity contribution in [3.8, 4) is 5.69 Å². The second kappa shape index (κ2) is 7.21. The third-order valence-corrected chi connectivity index (χ3v) is 7.26. The maximum absolute atomic E-state index is 13.8. The normalized spacial score (nSPS) is 13.6. The first-order chi connectivity index (χ1) is 15.2. The van der Waals surface area contributed by atoms with E-state index in [9.17, 15) is 4.79 Å². The highest BCUT2D eigenvalue weighted by atomic mass is 35.5. The van der Waals surface area contributed by atoms with Gasteiger partial charge in [-0.1, -0.05) is 29.8 Å². The van der Waals surface area contributed by atoms with Gasteiger partial charge in [-0.2, -0.15) is 0 Å². The van der Waals surface area contributed by atoms with Gasteiger partial charge >= 0.3 is 0 Å². The van der Waals surface area contributed by atoms with Gasteiger partial charge in [0, 0.05) is 15.6 Å². The number of nitrogens with zero attached hydrogens (tertiary/aromatic N) is 4. The predicted octanol–water partition coefficient (Wildman–Crippen LogP) is 5.37. The van der Waals surface area contributed by atoms with Gasteiger partial charge in [0.05, 0.1) is 11.1 Å². The number of hydrogen-bond donors (Lipinski definition) is 1. The van der Waals surface area contributed by atoms with Gasteiger partial charge in [0.1, 0.15) is 4.83 Å². The van der Waals surface area contributed by atoms with E-state index >= 15 is 0 Å². The SMILES string of the molecule is O=c1c2c3c(sc2n2c(Nc4ccccc4)nnc2n1-c1ccc(Cl)cc1)CCCC3. The van der Waals surface area contributed by atoms with Crippen molar-refractivity contribution in [3.05, 3.63) is 80.4 Å².